The Morgan fingerprint density at radius 1 is 1.25 bits per heavy atom. The SMILES string of the molecule is CCCc1ccc(C2=CCN(C(=O)C3NCC4(CC4)CC3C(=O)O)CC2)cc1. The van der Waals surface area contributed by atoms with Gasteiger partial charge in [-0.1, -0.05) is 43.7 Å². The van der Waals surface area contributed by atoms with E-state index in [0.717, 1.165) is 38.6 Å². The number of hydrogen-bond donors (Lipinski definition) is 2. The van der Waals surface area contributed by atoms with Crippen molar-refractivity contribution in [1.29, 1.82) is 0 Å². The molecule has 2 aliphatic heterocycles. The van der Waals surface area contributed by atoms with Crippen molar-refractivity contribution in [3.63, 3.8) is 0 Å². The van der Waals surface area contributed by atoms with E-state index in [1.807, 2.05) is 4.90 Å². The van der Waals surface area contributed by atoms with E-state index in [0.29, 0.717) is 19.5 Å². The van der Waals surface area contributed by atoms with Crippen molar-refractivity contribution < 1.29 is 14.7 Å². The van der Waals surface area contributed by atoms with Crippen LogP contribution in [0.15, 0.2) is 30.3 Å². The van der Waals surface area contributed by atoms with Crippen molar-refractivity contribution in [2.24, 2.45) is 11.3 Å². The van der Waals surface area contributed by atoms with Crippen LogP contribution in [0.1, 0.15) is 50.2 Å². The van der Waals surface area contributed by atoms with E-state index >= 15 is 0 Å². The number of carbonyl (C=O) groups excluding carboxylic acids is 1. The number of carboxylic acids is 1. The molecule has 2 atom stereocenters. The lowest BCUT2D eigenvalue weighted by Crippen LogP contribution is -2.57. The summed E-state index contributed by atoms with van der Waals surface area (Å²) in [4.78, 5) is 26.6. The highest BCUT2D eigenvalue weighted by molar-refractivity contribution is 5.88. The summed E-state index contributed by atoms with van der Waals surface area (Å²) in [5, 5.41) is 12.9. The molecule has 0 bridgehead atoms. The lowest BCUT2D eigenvalue weighted by atomic mass is 9.81. The highest BCUT2D eigenvalue weighted by Crippen LogP contribution is 2.52. The van der Waals surface area contributed by atoms with Gasteiger partial charge in [-0.05, 0) is 54.2 Å². The highest BCUT2D eigenvalue weighted by atomic mass is 16.4. The minimum atomic E-state index is -0.850. The van der Waals surface area contributed by atoms with Gasteiger partial charge in [-0.2, -0.15) is 0 Å². The molecule has 1 amide bonds. The first-order chi connectivity index (χ1) is 13.5. The number of aryl methyl sites for hydroxylation is 1. The minimum absolute atomic E-state index is 0.0588. The van der Waals surface area contributed by atoms with Crippen molar-refractivity contribution in [3.8, 4) is 0 Å². The van der Waals surface area contributed by atoms with Crippen LogP contribution in [-0.2, 0) is 16.0 Å². The number of nitrogens with one attached hydrogen (secondary N) is 1. The Labute approximate surface area is 166 Å². The van der Waals surface area contributed by atoms with E-state index in [1.165, 1.54) is 16.7 Å². The third-order valence-corrected chi connectivity index (χ3v) is 6.68. The summed E-state index contributed by atoms with van der Waals surface area (Å²) in [5.74, 6) is -1.52. The van der Waals surface area contributed by atoms with Gasteiger partial charge in [0.2, 0.25) is 5.91 Å². The molecule has 2 N–H and O–H groups in total. The van der Waals surface area contributed by atoms with Crippen molar-refractivity contribution >= 4 is 17.4 Å². The Bertz CT molecular complexity index is 780. The van der Waals surface area contributed by atoms with Crippen LogP contribution in [0.3, 0.4) is 0 Å². The van der Waals surface area contributed by atoms with Gasteiger partial charge in [0.05, 0.1) is 5.92 Å². The van der Waals surface area contributed by atoms with E-state index in [1.54, 1.807) is 0 Å². The molecule has 2 unspecified atom stereocenters. The monoisotopic (exact) mass is 382 g/mol. The molecule has 4 rings (SSSR count). The number of nitrogens with zero attached hydrogens (tertiary/aromatic N) is 1. The van der Waals surface area contributed by atoms with Gasteiger partial charge in [0.1, 0.15) is 6.04 Å². The molecule has 1 spiro atoms. The molecule has 0 radical (unpaired) electrons. The summed E-state index contributed by atoms with van der Waals surface area (Å²) in [6, 6.07) is 8.13. The normalized spacial score (nSPS) is 26.0. The van der Waals surface area contributed by atoms with Crippen LogP contribution in [0.25, 0.3) is 5.57 Å². The number of rotatable bonds is 5. The average molecular weight is 383 g/mol. The van der Waals surface area contributed by atoms with Crippen molar-refractivity contribution in [2.45, 2.75) is 51.5 Å². The van der Waals surface area contributed by atoms with E-state index in [2.05, 4.69) is 42.6 Å². The zero-order chi connectivity index (χ0) is 19.7. The lowest BCUT2D eigenvalue weighted by molar-refractivity contribution is -0.150. The Balaban J connectivity index is 1.40. The first-order valence-corrected chi connectivity index (χ1v) is 10.5. The van der Waals surface area contributed by atoms with Crippen LogP contribution in [-0.4, -0.2) is 47.6 Å². The second kappa shape index (κ2) is 7.70. The van der Waals surface area contributed by atoms with Crippen LogP contribution in [0.5, 0.6) is 0 Å². The first kappa shape index (κ1) is 19.2. The number of benzene rings is 1. The van der Waals surface area contributed by atoms with E-state index in [-0.39, 0.29) is 11.3 Å². The van der Waals surface area contributed by atoms with Crippen LogP contribution in [0.2, 0.25) is 0 Å². The number of carboxylic acid groups (broad SMARTS) is 1. The van der Waals surface area contributed by atoms with Crippen LogP contribution < -0.4 is 5.32 Å². The molecule has 3 aliphatic rings. The second-order valence-corrected chi connectivity index (χ2v) is 8.72. The quantitative estimate of drug-likeness (QED) is 0.821. The molecule has 2 fully saturated rings. The van der Waals surface area contributed by atoms with Gasteiger partial charge in [-0.3, -0.25) is 9.59 Å². The summed E-state index contributed by atoms with van der Waals surface area (Å²) in [6.45, 7) is 4.16. The van der Waals surface area contributed by atoms with Gasteiger partial charge >= 0.3 is 5.97 Å². The molecule has 1 aromatic carbocycles. The van der Waals surface area contributed by atoms with Crippen LogP contribution >= 0.6 is 0 Å². The number of aliphatic carboxylic acids is 1. The molecule has 5 nitrogen and oxygen atoms in total. The zero-order valence-electron chi connectivity index (χ0n) is 16.6. The van der Waals surface area contributed by atoms with Gasteiger partial charge in [-0.25, -0.2) is 0 Å². The fraction of sp³-hybridized carbons (Fsp3) is 0.565. The number of amides is 1. The molecule has 1 aliphatic carbocycles. The Morgan fingerprint density at radius 3 is 2.57 bits per heavy atom. The first-order valence-electron chi connectivity index (χ1n) is 10.5. The minimum Gasteiger partial charge on any atom is -0.481 e. The Hall–Kier alpha value is -2.14. The Morgan fingerprint density at radius 2 is 2.00 bits per heavy atom. The highest BCUT2D eigenvalue weighted by Gasteiger charge is 2.52. The maximum absolute atomic E-state index is 13.0. The molecule has 2 heterocycles. The molecule has 28 heavy (non-hydrogen) atoms. The third kappa shape index (κ3) is 3.86. The van der Waals surface area contributed by atoms with Crippen molar-refractivity contribution in [1.82, 2.24) is 10.2 Å². The maximum atomic E-state index is 13.0. The second-order valence-electron chi connectivity index (χ2n) is 8.72. The van der Waals surface area contributed by atoms with Crippen molar-refractivity contribution in [3.05, 3.63) is 41.5 Å². The van der Waals surface area contributed by atoms with Gasteiger partial charge in [0, 0.05) is 19.6 Å². The van der Waals surface area contributed by atoms with E-state index in [4.69, 9.17) is 0 Å². The molecule has 1 aromatic rings. The average Bonchev–Trinajstić information content (AvgIpc) is 3.47. The molecule has 150 valence electrons. The summed E-state index contributed by atoms with van der Waals surface area (Å²) in [5.41, 5.74) is 3.99. The predicted octanol–water partition coefficient (Wildman–Crippen LogP) is 3.10. The smallest absolute Gasteiger partial charge is 0.308 e. The summed E-state index contributed by atoms with van der Waals surface area (Å²) < 4.78 is 0. The van der Waals surface area contributed by atoms with Crippen LogP contribution in [0.4, 0.5) is 0 Å². The number of piperidine rings is 1. The summed E-state index contributed by atoms with van der Waals surface area (Å²) in [7, 11) is 0. The molecule has 5 heteroatoms. The van der Waals surface area contributed by atoms with E-state index < -0.39 is 17.9 Å². The maximum Gasteiger partial charge on any atom is 0.308 e. The van der Waals surface area contributed by atoms with Crippen LogP contribution in [0, 0.1) is 11.3 Å². The molecular formula is C23H30N2O3. The third-order valence-electron chi connectivity index (χ3n) is 6.68. The van der Waals surface area contributed by atoms with E-state index in [9.17, 15) is 14.7 Å². The fourth-order valence-electron chi connectivity index (χ4n) is 4.67. The number of carbonyl (C=O) groups is 2. The topological polar surface area (TPSA) is 69.6 Å². The summed E-state index contributed by atoms with van der Waals surface area (Å²) in [6.07, 6.45) is 7.97. The standard InChI is InChI=1S/C23H30N2O3/c1-2-3-16-4-6-17(7-5-16)18-8-12-25(13-9-18)21(26)20-19(22(27)28)14-23(10-11-23)15-24-20/h4-8,19-20,24H,2-3,9-15H2,1H3,(H,27,28). The predicted molar refractivity (Wildman–Crippen MR) is 109 cm³/mol. The van der Waals surface area contributed by atoms with Gasteiger partial charge in [-0.15, -0.1) is 0 Å². The fourth-order valence-corrected chi connectivity index (χ4v) is 4.67. The lowest BCUT2D eigenvalue weighted by Gasteiger charge is -2.38. The molecule has 1 saturated heterocycles. The Kier molecular flexibility index (Phi) is 5.28. The largest absolute Gasteiger partial charge is 0.481 e. The molecule has 0 aromatic heterocycles. The number of hydrogen-bond acceptors (Lipinski definition) is 3. The van der Waals surface area contributed by atoms with Gasteiger partial charge < -0.3 is 15.3 Å². The summed E-state index contributed by atoms with van der Waals surface area (Å²) >= 11 is 0. The van der Waals surface area contributed by atoms with Gasteiger partial charge in [0.15, 0.2) is 0 Å². The molecule has 1 saturated carbocycles. The molecular weight excluding hydrogens is 352 g/mol. The van der Waals surface area contributed by atoms with Crippen molar-refractivity contribution in [2.75, 3.05) is 19.6 Å². The zero-order valence-corrected chi connectivity index (χ0v) is 16.6. The van der Waals surface area contributed by atoms with Gasteiger partial charge in [0.25, 0.3) is 0 Å².